The molecule has 0 unspecified atom stereocenters. The standard InChI is InChI=1S/C24H23N7O/c1-3-15-5-4-6-16(11-15)19-8-7-18(25)23(30-19)24(32)31-21-13-27-10-9-17(21)20-12-22(26)29-14(2)28-20/h4-13H,3,25H2,1-2H3,(H,31,32)(H2,26,28,29). The van der Waals surface area contributed by atoms with Crippen molar-refractivity contribution in [3.05, 3.63) is 78.0 Å². The number of amides is 1. The number of carbonyl (C=O) groups is 1. The maximum absolute atomic E-state index is 13.1. The molecule has 0 aliphatic rings. The van der Waals surface area contributed by atoms with Gasteiger partial charge in [-0.1, -0.05) is 25.1 Å². The number of hydrogen-bond acceptors (Lipinski definition) is 7. The molecule has 1 amide bonds. The second-order valence-corrected chi connectivity index (χ2v) is 7.29. The Morgan fingerprint density at radius 1 is 1.00 bits per heavy atom. The highest BCUT2D eigenvalue weighted by molar-refractivity contribution is 6.08. The largest absolute Gasteiger partial charge is 0.397 e. The average Bonchev–Trinajstić information content (AvgIpc) is 2.79. The summed E-state index contributed by atoms with van der Waals surface area (Å²) in [5.41, 5.74) is 16.9. The molecule has 0 atom stereocenters. The molecular formula is C24H23N7O. The van der Waals surface area contributed by atoms with Crippen LogP contribution in [0.3, 0.4) is 0 Å². The van der Waals surface area contributed by atoms with Gasteiger partial charge >= 0.3 is 0 Å². The van der Waals surface area contributed by atoms with Crippen molar-refractivity contribution >= 4 is 23.1 Å². The second-order valence-electron chi connectivity index (χ2n) is 7.29. The molecule has 5 N–H and O–H groups in total. The van der Waals surface area contributed by atoms with E-state index >= 15 is 0 Å². The van der Waals surface area contributed by atoms with Crippen molar-refractivity contribution in [2.75, 3.05) is 16.8 Å². The molecule has 0 saturated carbocycles. The molecule has 4 rings (SSSR count). The van der Waals surface area contributed by atoms with Crippen molar-refractivity contribution < 1.29 is 4.79 Å². The van der Waals surface area contributed by atoms with E-state index in [1.54, 1.807) is 37.5 Å². The van der Waals surface area contributed by atoms with Crippen LogP contribution in [0.1, 0.15) is 28.8 Å². The molecule has 0 saturated heterocycles. The van der Waals surface area contributed by atoms with Crippen molar-refractivity contribution in [1.29, 1.82) is 0 Å². The van der Waals surface area contributed by atoms with Gasteiger partial charge in [0.15, 0.2) is 5.69 Å². The van der Waals surface area contributed by atoms with Crippen LogP contribution >= 0.6 is 0 Å². The van der Waals surface area contributed by atoms with Gasteiger partial charge in [0.25, 0.3) is 5.91 Å². The third-order valence-electron chi connectivity index (χ3n) is 4.98. The van der Waals surface area contributed by atoms with Crippen molar-refractivity contribution in [3.8, 4) is 22.5 Å². The summed E-state index contributed by atoms with van der Waals surface area (Å²) in [6.07, 6.45) is 4.07. The van der Waals surface area contributed by atoms with Crippen molar-refractivity contribution in [2.45, 2.75) is 20.3 Å². The summed E-state index contributed by atoms with van der Waals surface area (Å²) in [6, 6.07) is 14.9. The number of rotatable bonds is 5. The van der Waals surface area contributed by atoms with Gasteiger partial charge in [-0.15, -0.1) is 0 Å². The lowest BCUT2D eigenvalue weighted by Crippen LogP contribution is -2.17. The first-order chi connectivity index (χ1) is 15.4. The molecule has 4 aromatic rings. The third-order valence-corrected chi connectivity index (χ3v) is 4.98. The van der Waals surface area contributed by atoms with E-state index in [1.165, 1.54) is 5.56 Å². The van der Waals surface area contributed by atoms with Gasteiger partial charge in [0.05, 0.1) is 29.0 Å². The molecule has 3 heterocycles. The van der Waals surface area contributed by atoms with Crippen molar-refractivity contribution in [2.24, 2.45) is 0 Å². The van der Waals surface area contributed by atoms with Crippen LogP contribution in [0.5, 0.6) is 0 Å². The lowest BCUT2D eigenvalue weighted by molar-refractivity contribution is 0.102. The SMILES string of the molecule is CCc1cccc(-c2ccc(N)c(C(=O)Nc3cnccc3-c3cc(N)nc(C)n3)n2)c1. The van der Waals surface area contributed by atoms with Crippen LogP contribution in [0.15, 0.2) is 60.9 Å². The first-order valence-electron chi connectivity index (χ1n) is 10.2. The van der Waals surface area contributed by atoms with Crippen LogP contribution in [0.25, 0.3) is 22.5 Å². The van der Waals surface area contributed by atoms with E-state index in [0.717, 1.165) is 12.0 Å². The molecule has 1 aromatic carbocycles. The summed E-state index contributed by atoms with van der Waals surface area (Å²) in [7, 11) is 0. The van der Waals surface area contributed by atoms with Crippen LogP contribution in [0, 0.1) is 6.92 Å². The number of anilines is 3. The molecule has 32 heavy (non-hydrogen) atoms. The Hall–Kier alpha value is -4.33. The molecule has 3 aromatic heterocycles. The number of aromatic nitrogens is 4. The zero-order valence-electron chi connectivity index (χ0n) is 17.8. The van der Waals surface area contributed by atoms with Gasteiger partial charge in [0.1, 0.15) is 11.6 Å². The number of carbonyl (C=O) groups excluding carboxylic acids is 1. The number of pyridine rings is 2. The summed E-state index contributed by atoms with van der Waals surface area (Å²) >= 11 is 0. The maximum Gasteiger partial charge on any atom is 0.276 e. The summed E-state index contributed by atoms with van der Waals surface area (Å²) in [5, 5.41) is 2.86. The molecule has 8 heteroatoms. The highest BCUT2D eigenvalue weighted by Gasteiger charge is 2.17. The quantitative estimate of drug-likeness (QED) is 0.442. The van der Waals surface area contributed by atoms with Gasteiger partial charge in [-0.25, -0.2) is 15.0 Å². The predicted molar refractivity (Wildman–Crippen MR) is 126 cm³/mol. The Labute approximate surface area is 185 Å². The molecule has 0 bridgehead atoms. The third kappa shape index (κ3) is 4.39. The molecule has 0 aliphatic heterocycles. The topological polar surface area (TPSA) is 133 Å². The van der Waals surface area contributed by atoms with Gasteiger partial charge in [-0.3, -0.25) is 9.78 Å². The number of nitrogens with two attached hydrogens (primary N) is 2. The maximum atomic E-state index is 13.1. The number of nitrogens with zero attached hydrogens (tertiary/aromatic N) is 4. The van der Waals surface area contributed by atoms with Gasteiger partial charge < -0.3 is 16.8 Å². The minimum Gasteiger partial charge on any atom is -0.397 e. The molecular weight excluding hydrogens is 402 g/mol. The lowest BCUT2D eigenvalue weighted by Gasteiger charge is -2.12. The highest BCUT2D eigenvalue weighted by atomic mass is 16.1. The van der Waals surface area contributed by atoms with E-state index in [2.05, 4.69) is 44.3 Å². The molecule has 8 nitrogen and oxygen atoms in total. The minimum absolute atomic E-state index is 0.137. The van der Waals surface area contributed by atoms with E-state index < -0.39 is 5.91 Å². The van der Waals surface area contributed by atoms with Gasteiger partial charge in [-0.2, -0.15) is 0 Å². The average molecular weight is 425 g/mol. The number of nitrogen functional groups attached to an aromatic ring is 2. The van der Waals surface area contributed by atoms with Gasteiger partial charge in [0.2, 0.25) is 0 Å². The molecule has 160 valence electrons. The van der Waals surface area contributed by atoms with E-state index in [9.17, 15) is 4.79 Å². The Morgan fingerprint density at radius 2 is 1.84 bits per heavy atom. The Morgan fingerprint density at radius 3 is 2.62 bits per heavy atom. The number of aryl methyl sites for hydroxylation is 2. The van der Waals surface area contributed by atoms with Crippen LogP contribution < -0.4 is 16.8 Å². The van der Waals surface area contributed by atoms with E-state index in [-0.39, 0.29) is 11.4 Å². The van der Waals surface area contributed by atoms with E-state index in [0.29, 0.717) is 34.3 Å². The molecule has 0 aliphatic carbocycles. The Balaban J connectivity index is 1.68. The number of hydrogen-bond donors (Lipinski definition) is 3. The zero-order chi connectivity index (χ0) is 22.7. The van der Waals surface area contributed by atoms with Crippen LogP contribution in [-0.2, 0) is 6.42 Å². The smallest absolute Gasteiger partial charge is 0.276 e. The summed E-state index contributed by atoms with van der Waals surface area (Å²) < 4.78 is 0. The number of benzene rings is 1. The summed E-state index contributed by atoms with van der Waals surface area (Å²) in [4.78, 5) is 30.3. The minimum atomic E-state index is -0.441. The van der Waals surface area contributed by atoms with E-state index in [1.807, 2.05) is 18.2 Å². The monoisotopic (exact) mass is 425 g/mol. The zero-order valence-corrected chi connectivity index (χ0v) is 17.8. The lowest BCUT2D eigenvalue weighted by atomic mass is 10.1. The van der Waals surface area contributed by atoms with E-state index in [4.69, 9.17) is 11.5 Å². The van der Waals surface area contributed by atoms with Crippen LogP contribution in [0.4, 0.5) is 17.2 Å². The fourth-order valence-corrected chi connectivity index (χ4v) is 3.39. The summed E-state index contributed by atoms with van der Waals surface area (Å²) in [6.45, 7) is 3.84. The first kappa shape index (κ1) is 20.9. The second kappa shape index (κ2) is 8.81. The first-order valence-corrected chi connectivity index (χ1v) is 10.2. The van der Waals surface area contributed by atoms with Crippen LogP contribution in [0.2, 0.25) is 0 Å². The highest BCUT2D eigenvalue weighted by Crippen LogP contribution is 2.28. The molecule has 0 spiro atoms. The Bertz CT molecular complexity index is 1280. The number of nitrogens with one attached hydrogen (secondary N) is 1. The fourth-order valence-electron chi connectivity index (χ4n) is 3.39. The molecule has 0 fully saturated rings. The van der Waals surface area contributed by atoms with Gasteiger partial charge in [-0.05, 0) is 43.2 Å². The normalized spacial score (nSPS) is 10.7. The fraction of sp³-hybridized carbons (Fsp3) is 0.125. The predicted octanol–water partition coefficient (Wildman–Crippen LogP) is 3.89. The summed E-state index contributed by atoms with van der Waals surface area (Å²) in [5.74, 6) is 0.431. The molecule has 0 radical (unpaired) electrons. The Kier molecular flexibility index (Phi) is 5.76. The van der Waals surface area contributed by atoms with Crippen LogP contribution in [-0.4, -0.2) is 25.8 Å². The van der Waals surface area contributed by atoms with Crippen molar-refractivity contribution in [1.82, 2.24) is 19.9 Å². The van der Waals surface area contributed by atoms with Gasteiger partial charge in [0, 0.05) is 23.4 Å². The van der Waals surface area contributed by atoms with Crippen molar-refractivity contribution in [3.63, 3.8) is 0 Å².